The zero-order valence-electron chi connectivity index (χ0n) is 18.7. The quantitative estimate of drug-likeness (QED) is 0.402. The molecule has 35 heavy (non-hydrogen) atoms. The Morgan fingerprint density at radius 1 is 1.23 bits per heavy atom. The number of pyridine rings is 1. The highest BCUT2D eigenvalue weighted by Crippen LogP contribution is 2.35. The van der Waals surface area contributed by atoms with Crippen LogP contribution in [0.3, 0.4) is 0 Å². The molecule has 3 heterocycles. The number of rotatable bonds is 6. The number of alkyl halides is 3. The summed E-state index contributed by atoms with van der Waals surface area (Å²) in [4.78, 5) is 30.5. The number of carbonyl (C=O) groups is 2. The molecule has 1 aromatic carbocycles. The fourth-order valence-electron chi connectivity index (χ4n) is 4.24. The predicted molar refractivity (Wildman–Crippen MR) is 120 cm³/mol. The second-order valence-corrected chi connectivity index (χ2v) is 9.13. The van der Waals surface area contributed by atoms with Crippen molar-refractivity contribution in [1.82, 2.24) is 30.5 Å². The largest absolute Gasteiger partial charge is 0.425 e. The highest BCUT2D eigenvalue weighted by Gasteiger charge is 2.54. The zero-order valence-corrected chi connectivity index (χ0v) is 19.5. The summed E-state index contributed by atoms with van der Waals surface area (Å²) in [5.74, 6) is -0.693. The van der Waals surface area contributed by atoms with Crippen molar-refractivity contribution < 1.29 is 27.2 Å². The lowest BCUT2D eigenvalue weighted by molar-refractivity contribution is -0.784. The number of nitrogens with zero attached hydrogens (tertiary/aromatic N) is 6. The number of urea groups is 1. The van der Waals surface area contributed by atoms with E-state index in [2.05, 4.69) is 25.8 Å². The SMILES string of the molecule is C[C@@H]1CCC[N+]1(C(=O)CSc1nnnn1-c1ccccc1)C(=O)NC(c1cccnc1)C(F)(F)F. The summed E-state index contributed by atoms with van der Waals surface area (Å²) in [5.41, 5.74) is 0.482. The lowest BCUT2D eigenvalue weighted by atomic mass is 10.1. The van der Waals surface area contributed by atoms with Crippen molar-refractivity contribution in [2.75, 3.05) is 12.3 Å². The number of aromatic nitrogens is 5. The summed E-state index contributed by atoms with van der Waals surface area (Å²) in [7, 11) is 0. The van der Waals surface area contributed by atoms with Gasteiger partial charge in [-0.1, -0.05) is 36.0 Å². The second-order valence-electron chi connectivity index (χ2n) is 8.19. The van der Waals surface area contributed by atoms with E-state index >= 15 is 0 Å². The number of quaternary nitrogens is 1. The van der Waals surface area contributed by atoms with Crippen molar-refractivity contribution in [2.24, 2.45) is 0 Å². The molecule has 9 nitrogen and oxygen atoms in total. The van der Waals surface area contributed by atoms with Gasteiger partial charge in [-0.25, -0.2) is 9.59 Å². The number of halogens is 3. The number of hydrogen-bond acceptors (Lipinski definition) is 7. The molecule has 1 fully saturated rings. The third-order valence-corrected chi connectivity index (χ3v) is 6.98. The predicted octanol–water partition coefficient (Wildman–Crippen LogP) is 3.69. The molecule has 184 valence electrons. The molecule has 0 saturated carbocycles. The Bertz CT molecular complexity index is 1180. The van der Waals surface area contributed by atoms with Crippen molar-refractivity contribution in [1.29, 1.82) is 0 Å². The van der Waals surface area contributed by atoms with Crippen LogP contribution in [0, 0.1) is 0 Å². The molecule has 3 amide bonds. The third-order valence-electron chi connectivity index (χ3n) is 6.07. The van der Waals surface area contributed by atoms with Gasteiger partial charge in [-0.15, -0.1) is 5.10 Å². The Balaban J connectivity index is 1.55. The minimum atomic E-state index is -4.76. The molecule has 0 bridgehead atoms. The molecule has 3 atom stereocenters. The van der Waals surface area contributed by atoms with E-state index in [1.165, 1.54) is 23.0 Å². The fourth-order valence-corrected chi connectivity index (χ4v) is 5.08. The third kappa shape index (κ3) is 5.05. The van der Waals surface area contributed by atoms with Crippen LogP contribution in [0.2, 0.25) is 0 Å². The van der Waals surface area contributed by atoms with Gasteiger partial charge in [-0.2, -0.15) is 22.3 Å². The maximum absolute atomic E-state index is 13.9. The second kappa shape index (κ2) is 10.1. The molecule has 2 aromatic heterocycles. The molecule has 0 spiro atoms. The highest BCUT2D eigenvalue weighted by atomic mass is 32.2. The van der Waals surface area contributed by atoms with E-state index in [-0.39, 0.29) is 17.9 Å². The Morgan fingerprint density at radius 3 is 2.63 bits per heavy atom. The zero-order chi connectivity index (χ0) is 25.1. The van der Waals surface area contributed by atoms with E-state index in [1.807, 2.05) is 18.2 Å². The van der Waals surface area contributed by atoms with Gasteiger partial charge in [0.15, 0.2) is 6.04 Å². The molecule has 1 saturated heterocycles. The first-order valence-electron chi connectivity index (χ1n) is 10.9. The van der Waals surface area contributed by atoms with Crippen LogP contribution in [0.4, 0.5) is 18.0 Å². The molecular formula is C22H23F3N7O2S+. The van der Waals surface area contributed by atoms with Crippen molar-refractivity contribution in [3.05, 3.63) is 60.4 Å². The average Bonchev–Trinajstić information content (AvgIpc) is 3.48. The summed E-state index contributed by atoms with van der Waals surface area (Å²) in [6, 6.07) is 7.92. The molecule has 0 radical (unpaired) electrons. The van der Waals surface area contributed by atoms with Gasteiger partial charge in [0, 0.05) is 30.8 Å². The number of para-hydroxylation sites is 1. The Labute approximate surface area is 203 Å². The van der Waals surface area contributed by atoms with Crippen molar-refractivity contribution in [2.45, 2.75) is 43.2 Å². The standard InChI is InChI=1S/C22H22F3N7O2S/c1-15-7-6-12-32(15,21(34)27-19(22(23,24)25)16-8-5-11-26-13-16)18(33)14-35-20-28-29-30-31(20)17-9-3-2-4-10-17/h2-5,8-11,13,15,19H,6-7,12,14H2,1H3/p+1/t15-,19?,32?/m1/s1. The Morgan fingerprint density at radius 2 is 2.00 bits per heavy atom. The fraction of sp³-hybridized carbons (Fsp3) is 0.364. The van der Waals surface area contributed by atoms with Crippen LogP contribution in [0.1, 0.15) is 31.4 Å². The normalized spacial score (nSPS) is 21.0. The van der Waals surface area contributed by atoms with E-state index in [0.717, 1.165) is 18.0 Å². The van der Waals surface area contributed by atoms with Crippen LogP contribution in [0.25, 0.3) is 5.69 Å². The van der Waals surface area contributed by atoms with Gasteiger partial charge in [-0.05, 0) is 35.5 Å². The molecule has 0 aliphatic carbocycles. The Kier molecular flexibility index (Phi) is 7.17. The van der Waals surface area contributed by atoms with Gasteiger partial charge in [0.1, 0.15) is 11.8 Å². The van der Waals surface area contributed by atoms with E-state index in [9.17, 15) is 22.8 Å². The number of hydrogen-bond donors (Lipinski definition) is 1. The van der Waals surface area contributed by atoms with Crippen LogP contribution in [-0.4, -0.2) is 66.1 Å². The number of benzene rings is 1. The number of nitrogens with one attached hydrogen (secondary N) is 1. The van der Waals surface area contributed by atoms with Crippen LogP contribution in [-0.2, 0) is 4.79 Å². The molecule has 13 heteroatoms. The van der Waals surface area contributed by atoms with Crippen LogP contribution in [0.5, 0.6) is 0 Å². The molecular weight excluding hydrogens is 483 g/mol. The highest BCUT2D eigenvalue weighted by molar-refractivity contribution is 7.99. The maximum atomic E-state index is 13.9. The lowest BCUT2D eigenvalue weighted by Crippen LogP contribution is -2.64. The van der Waals surface area contributed by atoms with Gasteiger partial charge in [0.05, 0.1) is 12.2 Å². The van der Waals surface area contributed by atoms with Crippen LogP contribution < -0.4 is 5.32 Å². The molecule has 1 aliphatic heterocycles. The number of tetrazole rings is 1. The first-order chi connectivity index (χ1) is 16.7. The molecule has 1 aliphatic rings. The lowest BCUT2D eigenvalue weighted by Gasteiger charge is -2.34. The number of imide groups is 1. The number of carbonyl (C=O) groups excluding carboxylic acids is 2. The summed E-state index contributed by atoms with van der Waals surface area (Å²) in [6.07, 6.45) is -1.29. The first-order valence-corrected chi connectivity index (χ1v) is 11.9. The van der Waals surface area contributed by atoms with Crippen molar-refractivity contribution >= 4 is 23.7 Å². The number of likely N-dealkylation sites (tertiary alicyclic amines) is 1. The van der Waals surface area contributed by atoms with E-state index in [4.69, 9.17) is 0 Å². The average molecular weight is 507 g/mol. The van der Waals surface area contributed by atoms with Gasteiger partial charge >= 0.3 is 18.1 Å². The molecule has 3 aromatic rings. The monoisotopic (exact) mass is 506 g/mol. The maximum Gasteiger partial charge on any atom is 0.425 e. The van der Waals surface area contributed by atoms with E-state index in [1.54, 1.807) is 19.1 Å². The number of thioether (sulfide) groups is 1. The number of amides is 3. The summed E-state index contributed by atoms with van der Waals surface area (Å²) in [6.45, 7) is 1.82. The van der Waals surface area contributed by atoms with Gasteiger partial charge < -0.3 is 0 Å². The summed E-state index contributed by atoms with van der Waals surface area (Å²) >= 11 is 1.03. The first kappa shape index (κ1) is 24.8. The van der Waals surface area contributed by atoms with Gasteiger partial charge in [0.2, 0.25) is 5.16 Å². The molecule has 1 N–H and O–H groups in total. The van der Waals surface area contributed by atoms with Gasteiger partial charge in [0.25, 0.3) is 0 Å². The van der Waals surface area contributed by atoms with Crippen LogP contribution >= 0.6 is 11.8 Å². The van der Waals surface area contributed by atoms with Crippen molar-refractivity contribution in [3.63, 3.8) is 0 Å². The minimum Gasteiger partial charge on any atom is -0.289 e. The Hall–Kier alpha value is -3.32. The van der Waals surface area contributed by atoms with E-state index in [0.29, 0.717) is 23.7 Å². The van der Waals surface area contributed by atoms with Gasteiger partial charge in [-0.3, -0.25) is 10.3 Å². The molecule has 2 unspecified atom stereocenters. The smallest absolute Gasteiger partial charge is 0.289 e. The summed E-state index contributed by atoms with van der Waals surface area (Å²) in [5, 5.41) is 14.0. The minimum absolute atomic E-state index is 0.119. The van der Waals surface area contributed by atoms with E-state index < -0.39 is 34.7 Å². The van der Waals surface area contributed by atoms with Crippen LogP contribution in [0.15, 0.2) is 60.0 Å². The summed E-state index contributed by atoms with van der Waals surface area (Å²) < 4.78 is 42.3. The topological polar surface area (TPSA) is 103 Å². The van der Waals surface area contributed by atoms with Crippen molar-refractivity contribution in [3.8, 4) is 5.69 Å². The molecule has 4 rings (SSSR count).